The number of nitrogen functional groups attached to an aromatic ring is 1. The number of likely N-dealkylation sites (tertiary alicyclic amines) is 1. The van der Waals surface area contributed by atoms with Crippen molar-refractivity contribution in [1.82, 2.24) is 4.90 Å². The standard InChI is InChI=1S/C19H24N4/c20-17-8-6-16(7-9-17)19(21)22-18-10-12-23(13-11-18)14-15-4-2-1-3-5-15/h1-9,18H,10-14,20H2,(H2,21,22). The predicted molar refractivity (Wildman–Crippen MR) is 96.3 cm³/mol. The highest BCUT2D eigenvalue weighted by molar-refractivity contribution is 5.97. The van der Waals surface area contributed by atoms with Gasteiger partial charge in [0.15, 0.2) is 0 Å². The molecule has 0 aliphatic carbocycles. The van der Waals surface area contributed by atoms with E-state index >= 15 is 0 Å². The Balaban J connectivity index is 1.54. The molecule has 4 heteroatoms. The normalized spacial score (nSPS) is 17.3. The number of hydrogen-bond donors (Lipinski definition) is 2. The van der Waals surface area contributed by atoms with Gasteiger partial charge in [0, 0.05) is 30.9 Å². The summed E-state index contributed by atoms with van der Waals surface area (Å²) in [7, 11) is 0. The van der Waals surface area contributed by atoms with Gasteiger partial charge in [-0.1, -0.05) is 30.3 Å². The second kappa shape index (κ2) is 7.29. The van der Waals surface area contributed by atoms with E-state index in [1.165, 1.54) is 5.56 Å². The van der Waals surface area contributed by atoms with Gasteiger partial charge < -0.3 is 11.5 Å². The van der Waals surface area contributed by atoms with Gasteiger partial charge in [0.1, 0.15) is 5.84 Å². The number of benzene rings is 2. The fourth-order valence-corrected chi connectivity index (χ4v) is 2.97. The van der Waals surface area contributed by atoms with Crippen LogP contribution in [0.1, 0.15) is 24.0 Å². The number of anilines is 1. The molecule has 0 spiro atoms. The largest absolute Gasteiger partial charge is 0.399 e. The van der Waals surface area contributed by atoms with E-state index in [1.54, 1.807) is 0 Å². The van der Waals surface area contributed by atoms with Gasteiger partial charge in [-0.05, 0) is 42.7 Å². The second-order valence-electron chi connectivity index (χ2n) is 6.13. The fourth-order valence-electron chi connectivity index (χ4n) is 2.97. The van der Waals surface area contributed by atoms with Crippen LogP contribution in [0.4, 0.5) is 5.69 Å². The summed E-state index contributed by atoms with van der Waals surface area (Å²) < 4.78 is 0. The van der Waals surface area contributed by atoms with Crippen LogP contribution in [0.25, 0.3) is 0 Å². The third-order valence-electron chi connectivity index (χ3n) is 4.33. The Morgan fingerprint density at radius 2 is 1.65 bits per heavy atom. The topological polar surface area (TPSA) is 67.6 Å². The van der Waals surface area contributed by atoms with E-state index in [4.69, 9.17) is 16.5 Å². The summed E-state index contributed by atoms with van der Waals surface area (Å²) in [6.07, 6.45) is 2.12. The highest BCUT2D eigenvalue weighted by Crippen LogP contribution is 2.17. The zero-order chi connectivity index (χ0) is 16.1. The molecule has 1 aliphatic heterocycles. The van der Waals surface area contributed by atoms with Crippen molar-refractivity contribution < 1.29 is 0 Å². The highest BCUT2D eigenvalue weighted by atomic mass is 15.1. The van der Waals surface area contributed by atoms with Crippen LogP contribution in [0.15, 0.2) is 59.6 Å². The average molecular weight is 308 g/mol. The molecular formula is C19H24N4. The van der Waals surface area contributed by atoms with Gasteiger partial charge in [0.2, 0.25) is 0 Å². The van der Waals surface area contributed by atoms with E-state index in [9.17, 15) is 0 Å². The van der Waals surface area contributed by atoms with Gasteiger partial charge in [0.25, 0.3) is 0 Å². The molecule has 0 bridgehead atoms. The van der Waals surface area contributed by atoms with Gasteiger partial charge in [-0.15, -0.1) is 0 Å². The lowest BCUT2D eigenvalue weighted by Gasteiger charge is -2.30. The first-order valence-electron chi connectivity index (χ1n) is 8.16. The van der Waals surface area contributed by atoms with E-state index in [0.717, 1.165) is 43.7 Å². The molecule has 0 saturated carbocycles. The van der Waals surface area contributed by atoms with Crippen molar-refractivity contribution >= 4 is 11.5 Å². The van der Waals surface area contributed by atoms with Crippen molar-refractivity contribution in [1.29, 1.82) is 0 Å². The molecule has 2 aromatic rings. The molecule has 0 aromatic heterocycles. The monoisotopic (exact) mass is 308 g/mol. The van der Waals surface area contributed by atoms with E-state index in [0.29, 0.717) is 11.9 Å². The molecular weight excluding hydrogens is 284 g/mol. The minimum Gasteiger partial charge on any atom is -0.399 e. The summed E-state index contributed by atoms with van der Waals surface area (Å²) in [4.78, 5) is 7.19. The molecule has 0 atom stereocenters. The lowest BCUT2D eigenvalue weighted by atomic mass is 10.0. The first-order valence-corrected chi connectivity index (χ1v) is 8.16. The first kappa shape index (κ1) is 15.6. The SMILES string of the molecule is NC(=NC1CCN(Cc2ccccc2)CC1)c1ccc(N)cc1. The second-order valence-corrected chi connectivity index (χ2v) is 6.13. The highest BCUT2D eigenvalue weighted by Gasteiger charge is 2.19. The van der Waals surface area contributed by atoms with E-state index in [-0.39, 0.29) is 0 Å². The van der Waals surface area contributed by atoms with Gasteiger partial charge in [0.05, 0.1) is 6.04 Å². The number of hydrogen-bond acceptors (Lipinski definition) is 3. The zero-order valence-electron chi connectivity index (χ0n) is 13.4. The van der Waals surface area contributed by atoms with E-state index < -0.39 is 0 Å². The average Bonchev–Trinajstić information content (AvgIpc) is 2.58. The van der Waals surface area contributed by atoms with Crippen molar-refractivity contribution in [2.45, 2.75) is 25.4 Å². The van der Waals surface area contributed by atoms with Crippen molar-refractivity contribution in [3.05, 3.63) is 65.7 Å². The molecule has 3 rings (SSSR count). The summed E-state index contributed by atoms with van der Waals surface area (Å²) in [6, 6.07) is 18.5. The molecule has 0 amide bonds. The lowest BCUT2D eigenvalue weighted by molar-refractivity contribution is 0.206. The Hall–Kier alpha value is -2.33. The molecule has 4 nitrogen and oxygen atoms in total. The Morgan fingerprint density at radius 3 is 2.30 bits per heavy atom. The Morgan fingerprint density at radius 1 is 1.00 bits per heavy atom. The Bertz CT molecular complexity index is 641. The van der Waals surface area contributed by atoms with Crippen molar-refractivity contribution in [2.24, 2.45) is 10.7 Å². The van der Waals surface area contributed by atoms with Gasteiger partial charge in [-0.25, -0.2) is 0 Å². The number of nitrogens with zero attached hydrogens (tertiary/aromatic N) is 2. The third kappa shape index (κ3) is 4.33. The quantitative estimate of drug-likeness (QED) is 0.518. The lowest BCUT2D eigenvalue weighted by Crippen LogP contribution is -2.35. The van der Waals surface area contributed by atoms with Crippen LogP contribution in [0, 0.1) is 0 Å². The van der Waals surface area contributed by atoms with Crippen LogP contribution in [0.2, 0.25) is 0 Å². The predicted octanol–water partition coefficient (Wildman–Crippen LogP) is 2.64. The van der Waals surface area contributed by atoms with Crippen molar-refractivity contribution in [2.75, 3.05) is 18.8 Å². The third-order valence-corrected chi connectivity index (χ3v) is 4.33. The zero-order valence-corrected chi connectivity index (χ0v) is 13.4. The summed E-state index contributed by atoms with van der Waals surface area (Å²) >= 11 is 0. The summed E-state index contributed by atoms with van der Waals surface area (Å²) in [5, 5.41) is 0. The van der Waals surface area contributed by atoms with Gasteiger partial charge in [-0.3, -0.25) is 9.89 Å². The molecule has 1 heterocycles. The van der Waals surface area contributed by atoms with Crippen LogP contribution in [0.5, 0.6) is 0 Å². The van der Waals surface area contributed by atoms with Crippen LogP contribution >= 0.6 is 0 Å². The molecule has 0 radical (unpaired) electrons. The molecule has 120 valence electrons. The fraction of sp³-hybridized carbons (Fsp3) is 0.316. The summed E-state index contributed by atoms with van der Waals surface area (Å²) in [5.74, 6) is 0.617. The van der Waals surface area contributed by atoms with Crippen molar-refractivity contribution in [3.63, 3.8) is 0 Å². The van der Waals surface area contributed by atoms with E-state index in [1.807, 2.05) is 24.3 Å². The molecule has 0 unspecified atom stereocenters. The number of aliphatic imine (C=N–C) groups is 1. The minimum absolute atomic E-state index is 0.319. The maximum Gasteiger partial charge on any atom is 0.125 e. The number of nitrogens with two attached hydrogens (primary N) is 2. The smallest absolute Gasteiger partial charge is 0.125 e. The molecule has 23 heavy (non-hydrogen) atoms. The number of amidine groups is 1. The molecule has 1 saturated heterocycles. The molecule has 2 aromatic carbocycles. The van der Waals surface area contributed by atoms with Gasteiger partial charge in [-0.2, -0.15) is 0 Å². The van der Waals surface area contributed by atoms with E-state index in [2.05, 4.69) is 35.2 Å². The Labute approximate surface area is 137 Å². The molecule has 1 fully saturated rings. The number of piperidine rings is 1. The van der Waals surface area contributed by atoms with Crippen molar-refractivity contribution in [3.8, 4) is 0 Å². The Kier molecular flexibility index (Phi) is 4.93. The van der Waals surface area contributed by atoms with Crippen LogP contribution in [0.3, 0.4) is 0 Å². The minimum atomic E-state index is 0.319. The summed E-state index contributed by atoms with van der Waals surface area (Å²) in [5.41, 5.74) is 14.9. The summed E-state index contributed by atoms with van der Waals surface area (Å²) in [6.45, 7) is 3.15. The maximum absolute atomic E-state index is 6.13. The molecule has 1 aliphatic rings. The maximum atomic E-state index is 6.13. The van der Waals surface area contributed by atoms with Crippen LogP contribution < -0.4 is 11.5 Å². The van der Waals surface area contributed by atoms with Crippen LogP contribution in [-0.2, 0) is 6.54 Å². The first-order chi connectivity index (χ1) is 11.2. The number of rotatable bonds is 4. The molecule has 4 N–H and O–H groups in total. The van der Waals surface area contributed by atoms with Crippen LogP contribution in [-0.4, -0.2) is 29.9 Å². The van der Waals surface area contributed by atoms with Gasteiger partial charge >= 0.3 is 0 Å².